The molecule has 2 aromatic carbocycles. The van der Waals surface area contributed by atoms with Gasteiger partial charge in [0.15, 0.2) is 11.8 Å². The second-order valence-electron chi connectivity index (χ2n) is 18.3. The fourth-order valence-corrected chi connectivity index (χ4v) is 9.23. The average Bonchev–Trinajstić information content (AvgIpc) is 4.16. The number of benzene rings is 2. The minimum Gasteiger partial charge on any atom is -0.460 e. The van der Waals surface area contributed by atoms with Crippen LogP contribution in [0.1, 0.15) is 92.8 Å². The van der Waals surface area contributed by atoms with Crippen LogP contribution in [-0.4, -0.2) is 113 Å². The van der Waals surface area contributed by atoms with Crippen molar-refractivity contribution in [3.63, 3.8) is 0 Å². The van der Waals surface area contributed by atoms with E-state index < -0.39 is 71.1 Å². The maximum absolute atomic E-state index is 14.9. The molecule has 2 aromatic rings. The van der Waals surface area contributed by atoms with Gasteiger partial charge in [-0.2, -0.15) is 5.06 Å². The minimum absolute atomic E-state index is 0.0272. The molecule has 15 heteroatoms. The van der Waals surface area contributed by atoms with Gasteiger partial charge in [0.1, 0.15) is 35.4 Å². The summed E-state index contributed by atoms with van der Waals surface area (Å²) in [5.74, 6) is -2.25. The van der Waals surface area contributed by atoms with Crippen molar-refractivity contribution in [3.05, 3.63) is 76.9 Å². The molecule has 3 aliphatic heterocycles. The number of hydrogen-bond acceptors (Lipinski definition) is 12. The highest BCUT2D eigenvalue weighted by Gasteiger charge is 2.78. The van der Waals surface area contributed by atoms with Crippen LogP contribution in [-0.2, 0) is 56.1 Å². The predicted octanol–water partition coefficient (Wildman–Crippen LogP) is 3.42. The number of ether oxygens (including phenoxy) is 4. The molecule has 8 rings (SSSR count). The van der Waals surface area contributed by atoms with Gasteiger partial charge in [0, 0.05) is 57.0 Å². The molecule has 7 unspecified atom stereocenters. The number of nitrogens with one attached hydrogen (secondary N) is 2. The molecule has 3 aliphatic carbocycles. The maximum atomic E-state index is 14.9. The number of amides is 3. The Balaban J connectivity index is 1.00. The minimum atomic E-state index is -1.37. The zero-order valence-electron chi connectivity index (χ0n) is 34.9. The van der Waals surface area contributed by atoms with Crippen LogP contribution in [0.4, 0.5) is 0 Å². The summed E-state index contributed by atoms with van der Waals surface area (Å²) in [7, 11) is 3.37. The van der Waals surface area contributed by atoms with E-state index in [0.717, 1.165) is 36.8 Å². The first kappa shape index (κ1) is 42.0. The summed E-state index contributed by atoms with van der Waals surface area (Å²) in [6.07, 6.45) is 4.81. The van der Waals surface area contributed by atoms with Gasteiger partial charge in [-0.15, -0.1) is 0 Å². The number of hydroxylamine groups is 2. The van der Waals surface area contributed by atoms with E-state index in [1.54, 1.807) is 70.3 Å². The SMILES string of the molecule is CN(C)C(=O)C=Cc1ccc(CN2OC3C4OC(C5CC5)(C5CC5)OC4C4CC3(C(=O)NCc3cccc(C(=O)NC(CO)CCC(=O)OC(C)(C)C)c3)C2C(=O)O4)cc1. The van der Waals surface area contributed by atoms with E-state index in [1.807, 2.05) is 24.3 Å². The second kappa shape index (κ2) is 16.3. The third-order valence-electron chi connectivity index (χ3n) is 12.4. The fraction of sp³-hybridized carbons (Fsp3) is 0.578. The van der Waals surface area contributed by atoms with E-state index in [1.165, 1.54) is 11.0 Å². The number of carbonyl (C=O) groups is 5. The molecular formula is C45H56N4O11. The highest BCUT2D eigenvalue weighted by molar-refractivity contribution is 5.95. The smallest absolute Gasteiger partial charge is 0.327 e. The average molecular weight is 829 g/mol. The van der Waals surface area contributed by atoms with Gasteiger partial charge >= 0.3 is 11.9 Å². The van der Waals surface area contributed by atoms with Crippen molar-refractivity contribution in [1.82, 2.24) is 20.6 Å². The molecule has 0 radical (unpaired) electrons. The van der Waals surface area contributed by atoms with E-state index in [4.69, 9.17) is 23.8 Å². The molecule has 322 valence electrons. The normalized spacial score (nSPS) is 28.4. The number of esters is 2. The summed E-state index contributed by atoms with van der Waals surface area (Å²) in [6, 6.07) is 12.6. The molecule has 15 nitrogen and oxygen atoms in total. The van der Waals surface area contributed by atoms with E-state index in [-0.39, 0.29) is 62.6 Å². The molecule has 3 saturated carbocycles. The third-order valence-corrected chi connectivity index (χ3v) is 12.4. The molecular weight excluding hydrogens is 773 g/mol. The molecule has 3 N–H and O–H groups in total. The fourth-order valence-electron chi connectivity index (χ4n) is 9.23. The van der Waals surface area contributed by atoms with E-state index in [9.17, 15) is 29.1 Å². The Bertz CT molecular complexity index is 2010. The Labute approximate surface area is 350 Å². The summed E-state index contributed by atoms with van der Waals surface area (Å²) >= 11 is 0. The highest BCUT2D eigenvalue weighted by atomic mass is 16.8. The lowest BCUT2D eigenvalue weighted by Crippen LogP contribution is -2.69. The van der Waals surface area contributed by atoms with E-state index >= 15 is 0 Å². The van der Waals surface area contributed by atoms with Crippen LogP contribution in [0.25, 0.3) is 6.08 Å². The molecule has 60 heavy (non-hydrogen) atoms. The molecule has 6 fully saturated rings. The largest absolute Gasteiger partial charge is 0.460 e. The van der Waals surface area contributed by atoms with Crippen LogP contribution in [0, 0.1) is 17.3 Å². The van der Waals surface area contributed by atoms with Crippen LogP contribution in [0.15, 0.2) is 54.6 Å². The molecule has 3 heterocycles. The quantitative estimate of drug-likeness (QED) is 0.176. The molecule has 3 amide bonds. The predicted molar refractivity (Wildman–Crippen MR) is 215 cm³/mol. The number of nitrogens with zero attached hydrogens (tertiary/aromatic N) is 2. The van der Waals surface area contributed by atoms with Crippen molar-refractivity contribution >= 4 is 35.7 Å². The van der Waals surface area contributed by atoms with Crippen LogP contribution in [0.5, 0.6) is 0 Å². The number of fused-ring (bicyclic) bond motifs is 4. The first-order valence-corrected chi connectivity index (χ1v) is 21.1. The Kier molecular flexibility index (Phi) is 11.4. The second-order valence-corrected chi connectivity index (χ2v) is 18.3. The molecule has 7 atom stereocenters. The number of rotatable bonds is 15. The van der Waals surface area contributed by atoms with Crippen LogP contribution in [0.3, 0.4) is 0 Å². The maximum Gasteiger partial charge on any atom is 0.327 e. The van der Waals surface area contributed by atoms with Crippen LogP contribution >= 0.6 is 0 Å². The first-order valence-electron chi connectivity index (χ1n) is 21.1. The van der Waals surface area contributed by atoms with Gasteiger partial charge < -0.3 is 39.6 Å². The lowest BCUT2D eigenvalue weighted by atomic mass is 9.62. The Morgan fingerprint density at radius 2 is 1.70 bits per heavy atom. The van der Waals surface area contributed by atoms with E-state index in [0.29, 0.717) is 11.1 Å². The summed E-state index contributed by atoms with van der Waals surface area (Å²) in [5, 5.41) is 17.4. The number of likely N-dealkylation sites (N-methyl/N-ethyl adjacent to an activating group) is 1. The summed E-state index contributed by atoms with van der Waals surface area (Å²) in [4.78, 5) is 74.9. The van der Waals surface area contributed by atoms with Gasteiger partial charge in [0.25, 0.3) is 5.91 Å². The van der Waals surface area contributed by atoms with Gasteiger partial charge in [-0.25, -0.2) is 0 Å². The summed E-state index contributed by atoms with van der Waals surface area (Å²) in [6.45, 7) is 5.18. The van der Waals surface area contributed by atoms with Crippen molar-refractivity contribution in [2.75, 3.05) is 20.7 Å². The molecule has 0 spiro atoms. The van der Waals surface area contributed by atoms with Gasteiger partial charge in [-0.3, -0.25) is 28.8 Å². The number of aliphatic hydroxyl groups excluding tert-OH is 1. The Hall–Kier alpha value is -4.67. The Morgan fingerprint density at radius 1 is 1.00 bits per heavy atom. The number of aliphatic hydroxyl groups is 1. The number of carbonyl (C=O) groups excluding carboxylic acids is 5. The highest BCUT2D eigenvalue weighted by Crippen LogP contribution is 2.63. The van der Waals surface area contributed by atoms with Crippen LogP contribution < -0.4 is 10.6 Å². The van der Waals surface area contributed by atoms with Gasteiger partial charge in [-0.05, 0) is 87.8 Å². The monoisotopic (exact) mass is 828 g/mol. The standard InChI is InChI=1S/C45H56N4O11/c1-43(2,3)57-35(52)20-18-32(25-50)47-40(53)29-8-6-7-28(21-29)23-46-42(55)44-22-33-36-37(59-45(58-36,30-14-15-30)31-16-17-31)39(44)60-49(38(44)41(54)56-33)24-27-11-9-26(10-12-27)13-19-34(51)48(4)5/h6-13,19,21,30-33,36-39,50H,14-18,20,22-25H2,1-5H3,(H,46,55)(H,47,53). The van der Waals surface area contributed by atoms with Gasteiger partial charge in [0.2, 0.25) is 11.8 Å². The Morgan fingerprint density at radius 3 is 2.35 bits per heavy atom. The molecule has 6 aliphatic rings. The van der Waals surface area contributed by atoms with Crippen molar-refractivity contribution < 1.29 is 52.9 Å². The van der Waals surface area contributed by atoms with Crippen molar-refractivity contribution in [3.8, 4) is 0 Å². The summed E-state index contributed by atoms with van der Waals surface area (Å²) in [5.41, 5.74) is 0.578. The lowest BCUT2D eigenvalue weighted by molar-refractivity contribution is -0.235. The zero-order valence-corrected chi connectivity index (χ0v) is 34.9. The van der Waals surface area contributed by atoms with Crippen molar-refractivity contribution in [1.29, 1.82) is 0 Å². The summed E-state index contributed by atoms with van der Waals surface area (Å²) < 4.78 is 25.3. The molecule has 0 aromatic heterocycles. The van der Waals surface area contributed by atoms with Crippen LogP contribution in [0.2, 0.25) is 0 Å². The number of hydrogen-bond donors (Lipinski definition) is 3. The lowest BCUT2D eigenvalue weighted by Gasteiger charge is -2.48. The first-order chi connectivity index (χ1) is 28.6. The topological polar surface area (TPSA) is 182 Å². The molecule has 3 saturated heterocycles. The third kappa shape index (κ3) is 8.34. The molecule has 2 bridgehead atoms. The van der Waals surface area contributed by atoms with Crippen molar-refractivity contribution in [2.24, 2.45) is 17.3 Å². The van der Waals surface area contributed by atoms with Gasteiger partial charge in [0.05, 0.1) is 19.2 Å². The van der Waals surface area contributed by atoms with Gasteiger partial charge in [-0.1, -0.05) is 36.4 Å². The van der Waals surface area contributed by atoms with E-state index in [2.05, 4.69) is 10.6 Å². The van der Waals surface area contributed by atoms with Crippen molar-refractivity contribution in [2.45, 2.75) is 127 Å². The zero-order chi connectivity index (χ0) is 42.6.